The molecule has 1 amide bonds. The number of hydrogen-bond acceptors (Lipinski definition) is 4. The quantitative estimate of drug-likeness (QED) is 0.529. The molecule has 28 heavy (non-hydrogen) atoms. The minimum absolute atomic E-state index is 0.220. The summed E-state index contributed by atoms with van der Waals surface area (Å²) in [4.78, 5) is 20.2. The van der Waals surface area contributed by atoms with Crippen LogP contribution in [-0.2, 0) is 11.2 Å². The number of aromatic hydroxyl groups is 1. The number of carbonyl (C=O) groups excluding carboxylic acids is 1. The van der Waals surface area contributed by atoms with Gasteiger partial charge in [-0.15, -0.1) is 0 Å². The van der Waals surface area contributed by atoms with Crippen molar-refractivity contribution in [2.75, 3.05) is 0 Å². The number of H-pyrrole nitrogens is 1. The van der Waals surface area contributed by atoms with Crippen LogP contribution in [0.3, 0.4) is 0 Å². The van der Waals surface area contributed by atoms with Gasteiger partial charge in [-0.1, -0.05) is 30.3 Å². The predicted octanol–water partition coefficient (Wildman–Crippen LogP) is 3.15. The summed E-state index contributed by atoms with van der Waals surface area (Å²) in [7, 11) is 0. The molecule has 0 spiro atoms. The van der Waals surface area contributed by atoms with Gasteiger partial charge in [0.1, 0.15) is 11.6 Å². The average Bonchev–Trinajstić information content (AvgIpc) is 3.15. The molecule has 6 heteroatoms. The summed E-state index contributed by atoms with van der Waals surface area (Å²) in [6.45, 7) is 5.68. The standard InChI is InChI=1S/C22H26N4O2/c1-13-9-17(27)10-14(2)18(13)11-19(23)22(28)25-15(3)21-24-12-20(26-21)16-7-5-4-6-8-16/h4-10,12,15,19,27H,11,23H2,1-3H3,(H,24,26)(H,25,28)/t15-,19-/m0/s1. The molecular weight excluding hydrogens is 352 g/mol. The van der Waals surface area contributed by atoms with Crippen LogP contribution in [0.2, 0.25) is 0 Å². The number of amides is 1. The molecule has 5 N–H and O–H groups in total. The van der Waals surface area contributed by atoms with Crippen LogP contribution in [0.1, 0.15) is 35.5 Å². The molecule has 0 aliphatic rings. The summed E-state index contributed by atoms with van der Waals surface area (Å²) in [6.07, 6.45) is 2.17. The summed E-state index contributed by atoms with van der Waals surface area (Å²) in [5.74, 6) is 0.658. The molecule has 0 radical (unpaired) electrons. The molecule has 3 rings (SSSR count). The number of phenolic OH excluding ortho intramolecular Hbond substituents is 1. The summed E-state index contributed by atoms with van der Waals surface area (Å²) < 4.78 is 0. The molecule has 0 unspecified atom stereocenters. The van der Waals surface area contributed by atoms with Crippen LogP contribution in [0.25, 0.3) is 11.3 Å². The van der Waals surface area contributed by atoms with Crippen molar-refractivity contribution in [3.05, 3.63) is 71.2 Å². The number of nitrogens with one attached hydrogen (secondary N) is 2. The number of hydrogen-bond donors (Lipinski definition) is 4. The number of aryl methyl sites for hydroxylation is 2. The molecule has 0 bridgehead atoms. The number of nitrogens with zero attached hydrogens (tertiary/aromatic N) is 1. The molecule has 2 atom stereocenters. The van der Waals surface area contributed by atoms with Gasteiger partial charge in [-0.05, 0) is 61.6 Å². The van der Waals surface area contributed by atoms with E-state index in [1.54, 1.807) is 18.3 Å². The Kier molecular flexibility index (Phi) is 5.80. The van der Waals surface area contributed by atoms with Crippen LogP contribution in [0, 0.1) is 13.8 Å². The molecule has 0 saturated carbocycles. The smallest absolute Gasteiger partial charge is 0.237 e. The molecular formula is C22H26N4O2. The summed E-state index contributed by atoms with van der Waals surface area (Å²) in [6, 6.07) is 12.3. The van der Waals surface area contributed by atoms with E-state index in [1.165, 1.54) is 0 Å². The Morgan fingerprint density at radius 2 is 1.86 bits per heavy atom. The van der Waals surface area contributed by atoms with E-state index in [-0.39, 0.29) is 17.7 Å². The van der Waals surface area contributed by atoms with E-state index in [9.17, 15) is 9.90 Å². The van der Waals surface area contributed by atoms with Gasteiger partial charge < -0.3 is 21.1 Å². The Hall–Kier alpha value is -3.12. The lowest BCUT2D eigenvalue weighted by Crippen LogP contribution is -2.43. The number of phenols is 1. The maximum Gasteiger partial charge on any atom is 0.237 e. The van der Waals surface area contributed by atoms with E-state index < -0.39 is 6.04 Å². The van der Waals surface area contributed by atoms with Crippen LogP contribution in [0.5, 0.6) is 5.75 Å². The largest absolute Gasteiger partial charge is 0.508 e. The molecule has 2 aromatic carbocycles. The van der Waals surface area contributed by atoms with Crippen molar-refractivity contribution in [2.24, 2.45) is 5.73 Å². The van der Waals surface area contributed by atoms with Gasteiger partial charge in [0.15, 0.2) is 0 Å². The van der Waals surface area contributed by atoms with Gasteiger partial charge in [0.25, 0.3) is 0 Å². The first-order valence-electron chi connectivity index (χ1n) is 9.30. The van der Waals surface area contributed by atoms with Gasteiger partial charge in [-0.2, -0.15) is 0 Å². The summed E-state index contributed by atoms with van der Waals surface area (Å²) in [5, 5.41) is 12.6. The van der Waals surface area contributed by atoms with E-state index in [0.29, 0.717) is 12.2 Å². The number of benzene rings is 2. The van der Waals surface area contributed by atoms with Gasteiger partial charge in [0.05, 0.1) is 24.0 Å². The fourth-order valence-electron chi connectivity index (χ4n) is 3.32. The molecule has 0 aliphatic carbocycles. The van der Waals surface area contributed by atoms with Crippen molar-refractivity contribution in [3.63, 3.8) is 0 Å². The van der Waals surface area contributed by atoms with Crippen molar-refractivity contribution >= 4 is 5.91 Å². The topological polar surface area (TPSA) is 104 Å². The van der Waals surface area contributed by atoms with Gasteiger partial charge in [-0.25, -0.2) is 4.98 Å². The lowest BCUT2D eigenvalue weighted by molar-refractivity contribution is -0.123. The average molecular weight is 378 g/mol. The Morgan fingerprint density at radius 1 is 1.21 bits per heavy atom. The maximum atomic E-state index is 12.6. The molecule has 1 aromatic heterocycles. The Labute approximate surface area is 164 Å². The van der Waals surface area contributed by atoms with E-state index in [0.717, 1.165) is 27.9 Å². The zero-order valence-corrected chi connectivity index (χ0v) is 16.4. The molecule has 1 heterocycles. The first-order valence-corrected chi connectivity index (χ1v) is 9.30. The van der Waals surface area contributed by atoms with Crippen LogP contribution in [0.4, 0.5) is 0 Å². The Balaban J connectivity index is 1.65. The second-order valence-electron chi connectivity index (χ2n) is 7.15. The SMILES string of the molecule is Cc1cc(O)cc(C)c1C[C@H](N)C(=O)N[C@@H](C)c1ncc(-c2ccccc2)[nH]1. The summed E-state index contributed by atoms with van der Waals surface area (Å²) >= 11 is 0. The summed E-state index contributed by atoms with van der Waals surface area (Å²) in [5.41, 5.74) is 10.9. The first-order chi connectivity index (χ1) is 13.3. The predicted molar refractivity (Wildman–Crippen MR) is 110 cm³/mol. The van der Waals surface area contributed by atoms with Crippen molar-refractivity contribution in [3.8, 4) is 17.0 Å². The maximum absolute atomic E-state index is 12.6. The number of carbonyl (C=O) groups is 1. The minimum atomic E-state index is -0.687. The molecule has 0 aliphatic heterocycles. The lowest BCUT2D eigenvalue weighted by Gasteiger charge is -2.18. The van der Waals surface area contributed by atoms with Gasteiger partial charge in [0.2, 0.25) is 5.91 Å². The van der Waals surface area contributed by atoms with Gasteiger partial charge in [0, 0.05) is 0 Å². The van der Waals surface area contributed by atoms with E-state index in [2.05, 4.69) is 15.3 Å². The molecule has 6 nitrogen and oxygen atoms in total. The van der Waals surface area contributed by atoms with Crippen LogP contribution < -0.4 is 11.1 Å². The van der Waals surface area contributed by atoms with Gasteiger partial charge in [-0.3, -0.25) is 4.79 Å². The normalized spacial score (nSPS) is 13.1. The molecule has 3 aromatic rings. The van der Waals surface area contributed by atoms with Crippen molar-refractivity contribution in [1.82, 2.24) is 15.3 Å². The fourth-order valence-corrected chi connectivity index (χ4v) is 3.32. The highest BCUT2D eigenvalue weighted by Crippen LogP contribution is 2.22. The van der Waals surface area contributed by atoms with Crippen LogP contribution in [-0.4, -0.2) is 27.0 Å². The van der Waals surface area contributed by atoms with Gasteiger partial charge >= 0.3 is 0 Å². The number of imidazole rings is 1. The van der Waals surface area contributed by atoms with Crippen LogP contribution >= 0.6 is 0 Å². The molecule has 0 saturated heterocycles. The fraction of sp³-hybridized carbons (Fsp3) is 0.273. The minimum Gasteiger partial charge on any atom is -0.508 e. The monoisotopic (exact) mass is 378 g/mol. The Bertz CT molecular complexity index is 943. The number of nitrogens with two attached hydrogens (primary N) is 1. The third-order valence-corrected chi connectivity index (χ3v) is 4.89. The lowest BCUT2D eigenvalue weighted by atomic mass is 9.96. The van der Waals surface area contributed by atoms with Crippen molar-refractivity contribution in [1.29, 1.82) is 0 Å². The van der Waals surface area contributed by atoms with E-state index in [4.69, 9.17) is 5.73 Å². The van der Waals surface area contributed by atoms with Crippen LogP contribution in [0.15, 0.2) is 48.7 Å². The number of aromatic amines is 1. The highest BCUT2D eigenvalue weighted by molar-refractivity contribution is 5.82. The third-order valence-electron chi connectivity index (χ3n) is 4.89. The zero-order valence-electron chi connectivity index (χ0n) is 16.4. The van der Waals surface area contributed by atoms with Crippen molar-refractivity contribution < 1.29 is 9.90 Å². The Morgan fingerprint density at radius 3 is 2.50 bits per heavy atom. The van der Waals surface area contributed by atoms with E-state index >= 15 is 0 Å². The van der Waals surface area contributed by atoms with E-state index in [1.807, 2.05) is 51.1 Å². The highest BCUT2D eigenvalue weighted by Gasteiger charge is 2.20. The number of rotatable bonds is 6. The molecule has 0 fully saturated rings. The zero-order chi connectivity index (χ0) is 20.3. The number of aromatic nitrogens is 2. The van der Waals surface area contributed by atoms with Crippen molar-refractivity contribution in [2.45, 2.75) is 39.3 Å². The third kappa shape index (κ3) is 4.40. The molecule has 146 valence electrons. The first kappa shape index (κ1) is 19.6. The second-order valence-corrected chi connectivity index (χ2v) is 7.15. The highest BCUT2D eigenvalue weighted by atomic mass is 16.3. The second kappa shape index (κ2) is 8.27.